The van der Waals surface area contributed by atoms with E-state index >= 15 is 0 Å². The molecule has 10 rings (SSSR count). The van der Waals surface area contributed by atoms with Gasteiger partial charge in [-0.1, -0.05) is 160 Å². The van der Waals surface area contributed by atoms with Gasteiger partial charge >= 0.3 is 0 Å². The van der Waals surface area contributed by atoms with Crippen molar-refractivity contribution in [2.45, 2.75) is 31.6 Å². The molecule has 3 aliphatic heterocycles. The Bertz CT molecular complexity index is 2400. The standard InChI is InChI=1S/C47H37BN2/c1-46(2,3)32-29-30-44-40(31-32)48(33-17-6-4-7-18-33)39-25-16-24-38-45(39)50(44)43-28-15-12-23-37(43)47(38)35-21-10-13-26-41(35)49(34-19-8-5-9-20-34)42-27-14-11-22-36(42)47/h4-31H,1-3H3. The van der Waals surface area contributed by atoms with E-state index in [4.69, 9.17) is 0 Å². The largest absolute Gasteiger partial charge is 0.311 e. The monoisotopic (exact) mass is 640 g/mol. The molecule has 0 unspecified atom stereocenters. The molecule has 0 amide bonds. The molecule has 3 heteroatoms. The molecule has 3 heterocycles. The van der Waals surface area contributed by atoms with Gasteiger partial charge in [0.05, 0.1) is 22.5 Å². The highest BCUT2D eigenvalue weighted by Crippen LogP contribution is 2.63. The molecular weight excluding hydrogens is 603 g/mol. The van der Waals surface area contributed by atoms with Crippen molar-refractivity contribution in [3.63, 3.8) is 0 Å². The van der Waals surface area contributed by atoms with E-state index in [0.717, 1.165) is 5.69 Å². The molecule has 0 radical (unpaired) electrons. The zero-order valence-electron chi connectivity index (χ0n) is 28.6. The van der Waals surface area contributed by atoms with Gasteiger partial charge < -0.3 is 9.80 Å². The summed E-state index contributed by atoms with van der Waals surface area (Å²) in [6.07, 6.45) is 0. The second-order valence-electron chi connectivity index (χ2n) is 14.9. The Hall–Kier alpha value is -5.80. The molecule has 7 aromatic carbocycles. The molecule has 1 spiro atoms. The lowest BCUT2D eigenvalue weighted by Gasteiger charge is -2.53. The first-order chi connectivity index (χ1) is 24.5. The lowest BCUT2D eigenvalue weighted by Crippen LogP contribution is -2.59. The average Bonchev–Trinajstić information content (AvgIpc) is 3.16. The van der Waals surface area contributed by atoms with Crippen molar-refractivity contribution in [3.05, 3.63) is 198 Å². The highest BCUT2D eigenvalue weighted by atomic mass is 15.2. The summed E-state index contributed by atoms with van der Waals surface area (Å²) in [5.74, 6) is 0. The Morgan fingerprint density at radius 3 is 1.56 bits per heavy atom. The topological polar surface area (TPSA) is 6.48 Å². The molecule has 0 atom stereocenters. The summed E-state index contributed by atoms with van der Waals surface area (Å²) in [7, 11) is 0. The Balaban J connectivity index is 1.35. The Kier molecular flexibility index (Phi) is 6.18. The molecule has 0 fully saturated rings. The number of hydrogen-bond acceptors (Lipinski definition) is 2. The van der Waals surface area contributed by atoms with Gasteiger partial charge in [-0.05, 0) is 80.6 Å². The van der Waals surface area contributed by atoms with E-state index in [1.807, 2.05) is 0 Å². The van der Waals surface area contributed by atoms with Crippen LogP contribution in [0.5, 0.6) is 0 Å². The first-order valence-corrected chi connectivity index (χ1v) is 17.7. The van der Waals surface area contributed by atoms with Gasteiger partial charge in [0, 0.05) is 17.1 Å². The molecule has 0 saturated carbocycles. The normalized spacial score (nSPS) is 14.7. The van der Waals surface area contributed by atoms with E-state index in [1.165, 1.54) is 72.6 Å². The molecule has 7 aromatic rings. The molecule has 0 saturated heterocycles. The number of fused-ring (bicyclic) bond motifs is 10. The highest BCUT2D eigenvalue weighted by molar-refractivity contribution is 6.98. The Labute approximate surface area is 295 Å². The van der Waals surface area contributed by atoms with Crippen LogP contribution in [0.25, 0.3) is 0 Å². The SMILES string of the molecule is CC(C)(C)c1ccc2c(c1)B(c1ccccc1)c1cccc3c1N2c1ccccc1C31c2ccccc2N(c2ccccc2)c2ccccc21. The molecule has 50 heavy (non-hydrogen) atoms. The van der Waals surface area contributed by atoms with Gasteiger partial charge in [0.1, 0.15) is 0 Å². The second-order valence-corrected chi connectivity index (χ2v) is 14.9. The minimum atomic E-state index is -0.541. The summed E-state index contributed by atoms with van der Waals surface area (Å²) in [6.45, 7) is 7.05. The van der Waals surface area contributed by atoms with Crippen LogP contribution < -0.4 is 26.2 Å². The quantitative estimate of drug-likeness (QED) is 0.174. The Morgan fingerprint density at radius 1 is 0.440 bits per heavy atom. The number of nitrogens with zero attached hydrogens (tertiary/aromatic N) is 2. The number of anilines is 6. The van der Waals surface area contributed by atoms with Crippen LogP contribution in [0, 0.1) is 0 Å². The molecule has 0 aromatic heterocycles. The van der Waals surface area contributed by atoms with Crippen molar-refractivity contribution in [1.82, 2.24) is 0 Å². The molecule has 0 bridgehead atoms. The second kappa shape index (κ2) is 10.6. The van der Waals surface area contributed by atoms with E-state index in [0.29, 0.717) is 0 Å². The van der Waals surface area contributed by atoms with Gasteiger partial charge in [-0.25, -0.2) is 0 Å². The number of rotatable bonds is 2. The predicted molar refractivity (Wildman–Crippen MR) is 211 cm³/mol. The fourth-order valence-electron chi connectivity index (χ4n) is 9.16. The third kappa shape index (κ3) is 3.86. The Morgan fingerprint density at radius 2 is 0.960 bits per heavy atom. The minimum Gasteiger partial charge on any atom is -0.311 e. The van der Waals surface area contributed by atoms with E-state index in [1.54, 1.807) is 0 Å². The molecule has 0 aliphatic carbocycles. The highest BCUT2D eigenvalue weighted by Gasteiger charge is 2.54. The van der Waals surface area contributed by atoms with Crippen LogP contribution in [0.4, 0.5) is 34.1 Å². The van der Waals surface area contributed by atoms with E-state index in [-0.39, 0.29) is 12.1 Å². The maximum absolute atomic E-state index is 2.58. The van der Waals surface area contributed by atoms with Crippen molar-refractivity contribution < 1.29 is 0 Å². The van der Waals surface area contributed by atoms with Crippen molar-refractivity contribution in [2.24, 2.45) is 0 Å². The van der Waals surface area contributed by atoms with Crippen molar-refractivity contribution in [1.29, 1.82) is 0 Å². The lowest BCUT2D eigenvalue weighted by atomic mass is 9.34. The zero-order chi connectivity index (χ0) is 33.6. The number of para-hydroxylation sites is 5. The third-order valence-electron chi connectivity index (χ3n) is 11.2. The van der Waals surface area contributed by atoms with Crippen molar-refractivity contribution >= 4 is 57.2 Å². The number of benzene rings is 7. The van der Waals surface area contributed by atoms with Gasteiger partial charge in [-0.15, -0.1) is 0 Å². The molecular formula is C47H37BN2. The van der Waals surface area contributed by atoms with Crippen LogP contribution in [0.3, 0.4) is 0 Å². The minimum absolute atomic E-state index is 0.0302. The average molecular weight is 641 g/mol. The van der Waals surface area contributed by atoms with Crippen LogP contribution in [0.15, 0.2) is 170 Å². The molecule has 3 aliphatic rings. The summed E-state index contributed by atoms with van der Waals surface area (Å²) in [6, 6.07) is 63.6. The fourth-order valence-corrected chi connectivity index (χ4v) is 9.16. The fraction of sp³-hybridized carbons (Fsp3) is 0.106. The molecule has 238 valence electrons. The maximum Gasteiger partial charge on any atom is 0.246 e. The van der Waals surface area contributed by atoms with E-state index in [2.05, 4.69) is 200 Å². The van der Waals surface area contributed by atoms with Gasteiger partial charge in [0.25, 0.3) is 0 Å². The van der Waals surface area contributed by atoms with Gasteiger partial charge in [0.15, 0.2) is 0 Å². The van der Waals surface area contributed by atoms with Gasteiger partial charge in [0.2, 0.25) is 6.71 Å². The van der Waals surface area contributed by atoms with Gasteiger partial charge in [-0.2, -0.15) is 0 Å². The summed E-state index contributed by atoms with van der Waals surface area (Å²) in [5.41, 5.74) is 17.5. The van der Waals surface area contributed by atoms with Crippen molar-refractivity contribution in [2.75, 3.05) is 9.80 Å². The number of hydrogen-bond donors (Lipinski definition) is 0. The van der Waals surface area contributed by atoms with Crippen LogP contribution in [-0.2, 0) is 10.8 Å². The van der Waals surface area contributed by atoms with E-state index in [9.17, 15) is 0 Å². The van der Waals surface area contributed by atoms with Crippen LogP contribution >= 0.6 is 0 Å². The van der Waals surface area contributed by atoms with Crippen molar-refractivity contribution in [3.8, 4) is 0 Å². The third-order valence-corrected chi connectivity index (χ3v) is 11.2. The first-order valence-electron chi connectivity index (χ1n) is 17.7. The summed E-state index contributed by atoms with van der Waals surface area (Å²) >= 11 is 0. The summed E-state index contributed by atoms with van der Waals surface area (Å²) < 4.78 is 0. The summed E-state index contributed by atoms with van der Waals surface area (Å²) in [4.78, 5) is 5.04. The maximum atomic E-state index is 2.58. The first kappa shape index (κ1) is 29.1. The van der Waals surface area contributed by atoms with Crippen LogP contribution in [0.2, 0.25) is 0 Å². The van der Waals surface area contributed by atoms with Gasteiger partial charge in [-0.3, -0.25) is 0 Å². The smallest absolute Gasteiger partial charge is 0.246 e. The predicted octanol–water partition coefficient (Wildman–Crippen LogP) is 9.76. The van der Waals surface area contributed by atoms with Crippen LogP contribution in [-0.4, -0.2) is 6.71 Å². The van der Waals surface area contributed by atoms with E-state index < -0.39 is 5.41 Å². The summed E-state index contributed by atoms with van der Waals surface area (Å²) in [5, 5.41) is 0. The zero-order valence-corrected chi connectivity index (χ0v) is 28.6. The lowest BCUT2D eigenvalue weighted by molar-refractivity contribution is 0.591. The molecule has 2 nitrogen and oxygen atoms in total. The molecule has 0 N–H and O–H groups in total. The van der Waals surface area contributed by atoms with Crippen LogP contribution in [0.1, 0.15) is 48.6 Å².